The number of unbranched alkanes of at least 4 members (excludes halogenated alkanes) is 1. The number of rotatable bonds is 4. The topological polar surface area (TPSA) is 34.9 Å². The van der Waals surface area contributed by atoms with Gasteiger partial charge < -0.3 is 0 Å². The van der Waals surface area contributed by atoms with Crippen LogP contribution in [-0.4, -0.2) is 15.8 Å². The molecule has 0 saturated carbocycles. The van der Waals surface area contributed by atoms with Crippen molar-refractivity contribution in [3.05, 3.63) is 20.8 Å². The number of thioether (sulfide) groups is 1. The fourth-order valence-corrected chi connectivity index (χ4v) is 3.63. The summed E-state index contributed by atoms with van der Waals surface area (Å²) in [5.74, 6) is 0. The van der Waals surface area contributed by atoms with Crippen LogP contribution in [0.5, 0.6) is 0 Å². The summed E-state index contributed by atoms with van der Waals surface area (Å²) in [6.45, 7) is 6.97. The van der Waals surface area contributed by atoms with Gasteiger partial charge in [-0.2, -0.15) is 0 Å². The second-order valence-electron chi connectivity index (χ2n) is 4.37. The minimum atomic E-state index is 0.125. The first-order valence-electron chi connectivity index (χ1n) is 6.14. The van der Waals surface area contributed by atoms with Crippen molar-refractivity contribution in [1.82, 2.24) is 9.55 Å². The Morgan fingerprint density at radius 1 is 1.39 bits per heavy atom. The van der Waals surface area contributed by atoms with Crippen molar-refractivity contribution < 1.29 is 0 Å². The zero-order valence-corrected chi connectivity index (χ0v) is 12.9. The largest absolute Gasteiger partial charge is 0.287 e. The van der Waals surface area contributed by atoms with Gasteiger partial charge in [0.2, 0.25) is 0 Å². The molecule has 0 fully saturated rings. The van der Waals surface area contributed by atoms with Gasteiger partial charge in [0.25, 0.3) is 5.56 Å². The van der Waals surface area contributed by atoms with Crippen LogP contribution in [0.2, 0.25) is 0 Å². The molecule has 5 heteroatoms. The molecule has 0 bridgehead atoms. The molecule has 0 amide bonds. The van der Waals surface area contributed by atoms with E-state index >= 15 is 0 Å². The molecule has 98 valence electrons. The Morgan fingerprint density at radius 3 is 2.72 bits per heavy atom. The molecular weight excluding hydrogens is 264 g/mol. The van der Waals surface area contributed by atoms with E-state index in [1.165, 1.54) is 4.88 Å². The molecule has 18 heavy (non-hydrogen) atoms. The molecule has 0 radical (unpaired) electrons. The number of thiophene rings is 1. The number of aromatic nitrogens is 2. The van der Waals surface area contributed by atoms with Gasteiger partial charge >= 0.3 is 0 Å². The number of hydrogen-bond donors (Lipinski definition) is 0. The summed E-state index contributed by atoms with van der Waals surface area (Å²) in [7, 11) is 0. The standard InChI is InChI=1S/C13H18N2OS2/c1-5-6-7-15-12(16)10-8(2)9(3)18-11(10)14-13(15)17-4/h5-7H2,1-4H3. The lowest BCUT2D eigenvalue weighted by molar-refractivity contribution is 0.558. The molecular formula is C13H18N2OS2. The molecule has 2 aromatic rings. The van der Waals surface area contributed by atoms with E-state index in [1.54, 1.807) is 23.1 Å². The van der Waals surface area contributed by atoms with E-state index in [1.807, 2.05) is 17.7 Å². The van der Waals surface area contributed by atoms with Gasteiger partial charge in [0.15, 0.2) is 5.16 Å². The average Bonchev–Trinajstić information content (AvgIpc) is 2.64. The lowest BCUT2D eigenvalue weighted by Crippen LogP contribution is -2.23. The first kappa shape index (κ1) is 13.6. The summed E-state index contributed by atoms with van der Waals surface area (Å²) in [6.07, 6.45) is 4.08. The zero-order valence-electron chi connectivity index (χ0n) is 11.2. The highest BCUT2D eigenvalue weighted by Gasteiger charge is 2.15. The van der Waals surface area contributed by atoms with Crippen LogP contribution < -0.4 is 5.56 Å². The first-order valence-corrected chi connectivity index (χ1v) is 8.18. The van der Waals surface area contributed by atoms with Gasteiger partial charge in [-0.3, -0.25) is 9.36 Å². The van der Waals surface area contributed by atoms with Crippen LogP contribution in [-0.2, 0) is 6.54 Å². The molecule has 0 N–H and O–H groups in total. The van der Waals surface area contributed by atoms with E-state index in [2.05, 4.69) is 18.8 Å². The quantitative estimate of drug-likeness (QED) is 0.635. The Bertz CT molecular complexity index is 628. The smallest absolute Gasteiger partial charge is 0.263 e. The van der Waals surface area contributed by atoms with Crippen LogP contribution in [0.1, 0.15) is 30.2 Å². The zero-order chi connectivity index (χ0) is 13.3. The highest BCUT2D eigenvalue weighted by Crippen LogP contribution is 2.27. The molecule has 0 saturated heterocycles. The number of aryl methyl sites for hydroxylation is 2. The van der Waals surface area contributed by atoms with E-state index in [0.717, 1.165) is 40.3 Å². The van der Waals surface area contributed by atoms with Crippen molar-refractivity contribution >= 4 is 33.3 Å². The van der Waals surface area contributed by atoms with Crippen molar-refractivity contribution in [1.29, 1.82) is 0 Å². The van der Waals surface area contributed by atoms with E-state index in [-0.39, 0.29) is 5.56 Å². The highest BCUT2D eigenvalue weighted by molar-refractivity contribution is 7.98. The maximum atomic E-state index is 12.6. The summed E-state index contributed by atoms with van der Waals surface area (Å²) in [6, 6.07) is 0. The summed E-state index contributed by atoms with van der Waals surface area (Å²) in [5.41, 5.74) is 1.21. The third-order valence-corrected chi connectivity index (χ3v) is 4.95. The second kappa shape index (κ2) is 5.45. The summed E-state index contributed by atoms with van der Waals surface area (Å²) in [5, 5.41) is 1.65. The van der Waals surface area contributed by atoms with E-state index < -0.39 is 0 Å². The third kappa shape index (κ3) is 2.21. The molecule has 0 atom stereocenters. The van der Waals surface area contributed by atoms with Crippen LogP contribution in [0.15, 0.2) is 9.95 Å². The first-order chi connectivity index (χ1) is 8.60. The minimum Gasteiger partial charge on any atom is -0.287 e. The monoisotopic (exact) mass is 282 g/mol. The van der Waals surface area contributed by atoms with Gasteiger partial charge in [-0.05, 0) is 32.1 Å². The van der Waals surface area contributed by atoms with Crippen molar-refractivity contribution in [2.24, 2.45) is 0 Å². The number of fused-ring (bicyclic) bond motifs is 1. The highest BCUT2D eigenvalue weighted by atomic mass is 32.2. The predicted molar refractivity (Wildman–Crippen MR) is 80.0 cm³/mol. The Labute approximate surface area is 115 Å². The Hall–Kier alpha value is -0.810. The number of hydrogen-bond acceptors (Lipinski definition) is 4. The minimum absolute atomic E-state index is 0.125. The second-order valence-corrected chi connectivity index (χ2v) is 6.35. The van der Waals surface area contributed by atoms with Crippen LogP contribution >= 0.6 is 23.1 Å². The third-order valence-electron chi connectivity index (χ3n) is 3.17. The molecule has 0 unspecified atom stereocenters. The molecule has 0 aliphatic rings. The molecule has 2 rings (SSSR count). The molecule has 0 aliphatic heterocycles. The van der Waals surface area contributed by atoms with Gasteiger partial charge in [0.1, 0.15) is 4.83 Å². The molecule has 3 nitrogen and oxygen atoms in total. The SMILES string of the molecule is CCCCn1c(SC)nc2sc(C)c(C)c2c1=O. The van der Waals surface area contributed by atoms with Crippen molar-refractivity contribution in [2.45, 2.75) is 45.3 Å². The van der Waals surface area contributed by atoms with Crippen LogP contribution in [0.3, 0.4) is 0 Å². The van der Waals surface area contributed by atoms with Gasteiger partial charge in [-0.15, -0.1) is 11.3 Å². The Kier molecular flexibility index (Phi) is 4.12. The summed E-state index contributed by atoms with van der Waals surface area (Å²) in [4.78, 5) is 19.3. The fourth-order valence-electron chi connectivity index (χ4n) is 1.98. The maximum Gasteiger partial charge on any atom is 0.263 e. The average molecular weight is 282 g/mol. The van der Waals surface area contributed by atoms with Crippen molar-refractivity contribution in [2.75, 3.05) is 6.26 Å². The number of nitrogens with zero attached hydrogens (tertiary/aromatic N) is 2. The Balaban J connectivity index is 2.71. The van der Waals surface area contributed by atoms with Gasteiger partial charge in [-0.1, -0.05) is 25.1 Å². The van der Waals surface area contributed by atoms with E-state index in [9.17, 15) is 4.79 Å². The Morgan fingerprint density at radius 2 is 2.11 bits per heavy atom. The molecule has 0 spiro atoms. The summed E-state index contributed by atoms with van der Waals surface area (Å²) >= 11 is 3.17. The maximum absolute atomic E-state index is 12.6. The van der Waals surface area contributed by atoms with Crippen molar-refractivity contribution in [3.8, 4) is 0 Å². The normalized spacial score (nSPS) is 11.3. The van der Waals surface area contributed by atoms with Crippen LogP contribution in [0.25, 0.3) is 10.2 Å². The summed E-state index contributed by atoms with van der Waals surface area (Å²) < 4.78 is 1.83. The van der Waals surface area contributed by atoms with Crippen LogP contribution in [0, 0.1) is 13.8 Å². The lowest BCUT2D eigenvalue weighted by atomic mass is 10.2. The van der Waals surface area contributed by atoms with Gasteiger partial charge in [0.05, 0.1) is 5.39 Å². The van der Waals surface area contributed by atoms with Gasteiger partial charge in [-0.25, -0.2) is 4.98 Å². The van der Waals surface area contributed by atoms with Crippen LogP contribution in [0.4, 0.5) is 0 Å². The molecule has 2 aromatic heterocycles. The predicted octanol–water partition coefficient (Wildman–Crippen LogP) is 3.60. The molecule has 0 aromatic carbocycles. The molecule has 2 heterocycles. The fraction of sp³-hybridized carbons (Fsp3) is 0.538. The molecule has 0 aliphatic carbocycles. The lowest BCUT2D eigenvalue weighted by Gasteiger charge is -2.09. The van der Waals surface area contributed by atoms with Crippen molar-refractivity contribution in [3.63, 3.8) is 0 Å². The van der Waals surface area contributed by atoms with E-state index in [0.29, 0.717) is 0 Å². The van der Waals surface area contributed by atoms with Gasteiger partial charge in [0, 0.05) is 11.4 Å². The van der Waals surface area contributed by atoms with E-state index in [4.69, 9.17) is 0 Å².